The van der Waals surface area contributed by atoms with E-state index in [0.29, 0.717) is 11.1 Å². The third-order valence-corrected chi connectivity index (χ3v) is 2.24. The molecule has 0 heterocycles. The van der Waals surface area contributed by atoms with Crippen LogP contribution in [0.5, 0.6) is 0 Å². The average Bonchev–Trinajstić information content (AvgIpc) is 2.30. The Balaban J connectivity index is 2.32. The summed E-state index contributed by atoms with van der Waals surface area (Å²) in [6, 6.07) is 10.9. The Morgan fingerprint density at radius 3 is 1.31 bits per heavy atom. The van der Waals surface area contributed by atoms with E-state index >= 15 is 0 Å². The molecule has 0 saturated carbocycles. The van der Waals surface area contributed by atoms with Gasteiger partial charge in [-0.15, -0.1) is 5.41 Å². The largest absolute Gasteiger partial charge is 0.207 e. The molecule has 1 nitrogen and oxygen atoms in total. The summed E-state index contributed by atoms with van der Waals surface area (Å²) in [5, 5.41) is 9.85. The molecule has 0 fully saturated rings. The minimum atomic E-state index is -0.365. The number of benzene rings is 2. The Bertz CT molecular complexity index is 453. The lowest BCUT2D eigenvalue weighted by molar-refractivity contribution is 0.627. The van der Waals surface area contributed by atoms with E-state index in [1.54, 1.807) is 0 Å². The lowest BCUT2D eigenvalue weighted by Gasteiger charge is -2.02. The highest BCUT2D eigenvalue weighted by molar-refractivity contribution is 6.11. The first-order chi connectivity index (χ1) is 7.66. The Kier molecular flexibility index (Phi) is 2.77. The molecular formula is C13H8F2N. The maximum atomic E-state index is 12.7. The molecule has 0 bridgehead atoms. The summed E-state index contributed by atoms with van der Waals surface area (Å²) in [4.78, 5) is 0. The molecule has 3 heteroatoms. The van der Waals surface area contributed by atoms with Crippen molar-refractivity contribution in [1.29, 1.82) is 0 Å². The van der Waals surface area contributed by atoms with Crippen molar-refractivity contribution in [2.24, 2.45) is 0 Å². The molecule has 0 spiro atoms. The fraction of sp³-hybridized carbons (Fsp3) is 0. The second kappa shape index (κ2) is 4.23. The van der Waals surface area contributed by atoms with Crippen LogP contribution in [0.25, 0.3) is 0 Å². The molecule has 0 aromatic heterocycles. The van der Waals surface area contributed by atoms with Crippen LogP contribution in [-0.2, 0) is 0 Å². The van der Waals surface area contributed by atoms with Crippen LogP contribution < -0.4 is 5.41 Å². The molecule has 0 unspecified atom stereocenters. The summed E-state index contributed by atoms with van der Waals surface area (Å²) >= 11 is 0. The summed E-state index contributed by atoms with van der Waals surface area (Å²) in [5.74, 6) is -0.730. The highest BCUT2D eigenvalue weighted by Gasteiger charge is 2.05. The van der Waals surface area contributed by atoms with E-state index < -0.39 is 0 Å². The van der Waals surface area contributed by atoms with E-state index in [2.05, 4.69) is 0 Å². The van der Waals surface area contributed by atoms with Gasteiger partial charge >= 0.3 is 0 Å². The molecule has 2 aromatic rings. The van der Waals surface area contributed by atoms with Crippen LogP contribution in [0.4, 0.5) is 8.78 Å². The molecule has 0 aliphatic heterocycles. The lowest BCUT2D eigenvalue weighted by atomic mass is 10.0. The zero-order valence-corrected chi connectivity index (χ0v) is 8.32. The van der Waals surface area contributed by atoms with Crippen molar-refractivity contribution in [3.05, 3.63) is 71.3 Å². The van der Waals surface area contributed by atoms with Crippen LogP contribution in [-0.4, -0.2) is 5.71 Å². The van der Waals surface area contributed by atoms with Gasteiger partial charge in [0.2, 0.25) is 0 Å². The molecule has 79 valence electrons. The van der Waals surface area contributed by atoms with Crippen molar-refractivity contribution >= 4 is 5.71 Å². The maximum Gasteiger partial charge on any atom is 0.123 e. The summed E-state index contributed by atoms with van der Waals surface area (Å²) in [6.07, 6.45) is 0. The Morgan fingerprint density at radius 1 is 0.688 bits per heavy atom. The fourth-order valence-electron chi connectivity index (χ4n) is 1.38. The standard InChI is InChI=1S/C13H8F2N/c14-11-5-1-9(2-6-11)13(16)10-3-7-12(15)8-4-10/h1-8H. The molecule has 0 saturated heterocycles. The van der Waals surface area contributed by atoms with E-state index in [4.69, 9.17) is 0 Å². The maximum absolute atomic E-state index is 12.7. The number of rotatable bonds is 2. The summed E-state index contributed by atoms with van der Waals surface area (Å²) in [5.41, 5.74) is 0.987. The first-order valence-electron chi connectivity index (χ1n) is 4.74. The number of halogens is 2. The topological polar surface area (TPSA) is 22.3 Å². The molecular weight excluding hydrogens is 208 g/mol. The SMILES string of the molecule is [N]=C(c1ccc(F)cc1)c1ccc(F)cc1. The predicted octanol–water partition coefficient (Wildman–Crippen LogP) is 2.60. The molecule has 0 atom stereocenters. The van der Waals surface area contributed by atoms with E-state index in [-0.39, 0.29) is 17.3 Å². The van der Waals surface area contributed by atoms with Gasteiger partial charge in [0.25, 0.3) is 0 Å². The molecule has 0 aliphatic rings. The molecule has 0 N–H and O–H groups in total. The van der Waals surface area contributed by atoms with Crippen LogP contribution in [0.15, 0.2) is 48.5 Å². The number of nitrogens with zero attached hydrogens (tertiary/aromatic N) is 1. The number of hydrogen-bond acceptors (Lipinski definition) is 0. The van der Waals surface area contributed by atoms with Crippen molar-refractivity contribution in [3.63, 3.8) is 0 Å². The van der Waals surface area contributed by atoms with Gasteiger partial charge in [-0.3, -0.25) is 0 Å². The van der Waals surface area contributed by atoms with Gasteiger partial charge in [-0.2, -0.15) is 0 Å². The second-order valence-corrected chi connectivity index (χ2v) is 3.36. The van der Waals surface area contributed by atoms with Crippen LogP contribution in [0, 0.1) is 11.6 Å². The smallest absolute Gasteiger partial charge is 0.123 e. The van der Waals surface area contributed by atoms with Gasteiger partial charge < -0.3 is 0 Å². The van der Waals surface area contributed by atoms with Gasteiger partial charge in [0.05, 0.1) is 0 Å². The van der Waals surface area contributed by atoms with E-state index in [1.165, 1.54) is 48.5 Å². The van der Waals surface area contributed by atoms with Crippen LogP contribution >= 0.6 is 0 Å². The minimum Gasteiger partial charge on any atom is -0.207 e. The summed E-state index contributed by atoms with van der Waals surface area (Å²) in [6.45, 7) is 0. The molecule has 2 rings (SSSR count). The van der Waals surface area contributed by atoms with E-state index in [0.717, 1.165) is 0 Å². The Labute approximate surface area is 91.9 Å². The first-order valence-corrected chi connectivity index (χ1v) is 4.74. The Morgan fingerprint density at radius 2 is 1.00 bits per heavy atom. The van der Waals surface area contributed by atoms with Crippen molar-refractivity contribution in [2.75, 3.05) is 0 Å². The molecule has 1 radical (unpaired) electrons. The van der Waals surface area contributed by atoms with Gasteiger partial charge in [-0.05, 0) is 48.5 Å². The normalized spacial score (nSPS) is 10.1. The Hall–Kier alpha value is -2.03. The van der Waals surface area contributed by atoms with Crippen molar-refractivity contribution in [1.82, 2.24) is 5.41 Å². The average molecular weight is 216 g/mol. The van der Waals surface area contributed by atoms with Crippen molar-refractivity contribution < 1.29 is 8.78 Å². The molecule has 0 aliphatic carbocycles. The first kappa shape index (κ1) is 10.5. The van der Waals surface area contributed by atoms with Gasteiger partial charge in [-0.1, -0.05) is 0 Å². The van der Waals surface area contributed by atoms with Crippen molar-refractivity contribution in [3.8, 4) is 0 Å². The molecule has 2 aromatic carbocycles. The zero-order chi connectivity index (χ0) is 11.5. The van der Waals surface area contributed by atoms with Gasteiger partial charge in [-0.25, -0.2) is 8.78 Å². The van der Waals surface area contributed by atoms with Gasteiger partial charge in [0.15, 0.2) is 0 Å². The van der Waals surface area contributed by atoms with Gasteiger partial charge in [0.1, 0.15) is 17.3 Å². The monoisotopic (exact) mass is 216 g/mol. The molecule has 0 amide bonds. The second-order valence-electron chi connectivity index (χ2n) is 3.36. The van der Waals surface area contributed by atoms with Crippen LogP contribution in [0.3, 0.4) is 0 Å². The van der Waals surface area contributed by atoms with Gasteiger partial charge in [0, 0.05) is 11.1 Å². The highest BCUT2D eigenvalue weighted by Crippen LogP contribution is 2.10. The van der Waals surface area contributed by atoms with E-state index in [1.807, 2.05) is 0 Å². The van der Waals surface area contributed by atoms with Crippen molar-refractivity contribution in [2.45, 2.75) is 0 Å². The number of hydrogen-bond donors (Lipinski definition) is 0. The predicted molar refractivity (Wildman–Crippen MR) is 58.1 cm³/mol. The van der Waals surface area contributed by atoms with Crippen LogP contribution in [0.2, 0.25) is 0 Å². The fourth-order valence-corrected chi connectivity index (χ4v) is 1.38. The summed E-state index contributed by atoms with van der Waals surface area (Å²) < 4.78 is 25.3. The molecule has 16 heavy (non-hydrogen) atoms. The zero-order valence-electron chi connectivity index (χ0n) is 8.32. The van der Waals surface area contributed by atoms with Crippen LogP contribution in [0.1, 0.15) is 11.1 Å². The van der Waals surface area contributed by atoms with E-state index in [9.17, 15) is 14.2 Å². The quantitative estimate of drug-likeness (QED) is 0.688. The summed E-state index contributed by atoms with van der Waals surface area (Å²) in [7, 11) is 0. The lowest BCUT2D eigenvalue weighted by Crippen LogP contribution is -2.03. The minimum absolute atomic E-state index is 0.000000000000000666. The highest BCUT2D eigenvalue weighted by atomic mass is 19.1. The third kappa shape index (κ3) is 2.14. The third-order valence-electron chi connectivity index (χ3n) is 2.24.